The number of amides is 3. The SMILES string of the molecule is Cc1ccc(S(=O)(=O)N2C(=O)[C@@]3(O)C=C[C@@H]2[C@@H]2C(=O)N(c4ccc(F)cc4)C(=O)[C@@H]23)cc1. The summed E-state index contributed by atoms with van der Waals surface area (Å²) < 4.78 is 40.5. The van der Waals surface area contributed by atoms with Crippen LogP contribution in [0, 0.1) is 24.6 Å². The normalized spacial score (nSPS) is 29.1. The first-order chi connectivity index (χ1) is 15.1. The molecule has 1 aliphatic carbocycles. The van der Waals surface area contributed by atoms with E-state index in [4.69, 9.17) is 0 Å². The van der Waals surface area contributed by atoms with Gasteiger partial charge in [0.05, 0.1) is 28.5 Å². The molecule has 4 atom stereocenters. The van der Waals surface area contributed by atoms with Crippen LogP contribution in [-0.2, 0) is 24.4 Å². The Kier molecular flexibility index (Phi) is 4.21. The maximum Gasteiger partial charge on any atom is 0.273 e. The Bertz CT molecular complexity index is 1300. The summed E-state index contributed by atoms with van der Waals surface area (Å²) in [5.74, 6) is -6.15. The van der Waals surface area contributed by atoms with Crippen molar-refractivity contribution in [3.8, 4) is 0 Å². The van der Waals surface area contributed by atoms with Crippen LogP contribution in [0.3, 0.4) is 0 Å². The molecular formula is C22H17FN2O6S. The van der Waals surface area contributed by atoms with Crippen molar-refractivity contribution < 1.29 is 32.3 Å². The fraction of sp³-hybridized carbons (Fsp3) is 0.227. The van der Waals surface area contributed by atoms with Gasteiger partial charge in [0.25, 0.3) is 15.9 Å². The van der Waals surface area contributed by atoms with Gasteiger partial charge < -0.3 is 5.11 Å². The zero-order valence-corrected chi connectivity index (χ0v) is 17.5. The summed E-state index contributed by atoms with van der Waals surface area (Å²) in [5.41, 5.74) is -1.63. The Balaban J connectivity index is 1.61. The van der Waals surface area contributed by atoms with E-state index >= 15 is 0 Å². The van der Waals surface area contributed by atoms with Crippen LogP contribution in [0.1, 0.15) is 5.56 Å². The summed E-state index contributed by atoms with van der Waals surface area (Å²) in [6.07, 6.45) is 2.36. The Labute approximate surface area is 182 Å². The molecule has 0 aromatic heterocycles. The van der Waals surface area contributed by atoms with Gasteiger partial charge in [0.15, 0.2) is 5.60 Å². The summed E-state index contributed by atoms with van der Waals surface area (Å²) in [4.78, 5) is 40.2. The van der Waals surface area contributed by atoms with E-state index in [0.29, 0.717) is 4.31 Å². The third kappa shape index (κ3) is 2.56. The van der Waals surface area contributed by atoms with Crippen molar-refractivity contribution >= 4 is 33.4 Å². The highest BCUT2D eigenvalue weighted by Gasteiger charge is 2.70. The van der Waals surface area contributed by atoms with Crippen molar-refractivity contribution in [2.45, 2.75) is 23.5 Å². The van der Waals surface area contributed by atoms with Gasteiger partial charge in [-0.05, 0) is 49.4 Å². The number of nitrogens with zero attached hydrogens (tertiary/aromatic N) is 2. The van der Waals surface area contributed by atoms with Gasteiger partial charge in [0, 0.05) is 0 Å². The molecule has 1 N–H and O–H groups in total. The second kappa shape index (κ2) is 6.57. The highest BCUT2D eigenvalue weighted by atomic mass is 32.2. The van der Waals surface area contributed by atoms with Crippen LogP contribution in [0.2, 0.25) is 0 Å². The third-order valence-corrected chi connectivity index (χ3v) is 8.01. The van der Waals surface area contributed by atoms with Gasteiger partial charge in [-0.1, -0.05) is 23.8 Å². The Morgan fingerprint density at radius 3 is 2.22 bits per heavy atom. The summed E-state index contributed by atoms with van der Waals surface area (Å²) >= 11 is 0. The highest BCUT2D eigenvalue weighted by molar-refractivity contribution is 7.89. The highest BCUT2D eigenvalue weighted by Crippen LogP contribution is 2.50. The molecule has 2 saturated heterocycles. The second-order valence-corrected chi connectivity index (χ2v) is 9.90. The van der Waals surface area contributed by atoms with Gasteiger partial charge in [-0.2, -0.15) is 0 Å². The molecule has 2 aromatic carbocycles. The number of benzene rings is 2. The zero-order chi connectivity index (χ0) is 23.0. The van der Waals surface area contributed by atoms with Crippen LogP contribution in [0.25, 0.3) is 0 Å². The van der Waals surface area contributed by atoms with Crippen LogP contribution in [0.15, 0.2) is 65.6 Å². The van der Waals surface area contributed by atoms with Gasteiger partial charge in [-0.3, -0.25) is 14.4 Å². The molecule has 0 saturated carbocycles. The molecule has 3 aliphatic heterocycles. The van der Waals surface area contributed by atoms with Crippen LogP contribution < -0.4 is 4.90 Å². The van der Waals surface area contributed by atoms with E-state index in [1.165, 1.54) is 30.3 Å². The molecule has 32 heavy (non-hydrogen) atoms. The minimum atomic E-state index is -4.42. The lowest BCUT2D eigenvalue weighted by atomic mass is 9.68. The molecule has 4 aliphatic rings. The van der Waals surface area contributed by atoms with Gasteiger partial charge in [0.2, 0.25) is 11.8 Å². The standard InChI is InChI=1S/C22H17FN2O6S/c1-12-2-8-15(9-3-12)32(30,31)25-16-10-11-22(29,21(25)28)18-17(16)19(26)24(20(18)27)14-6-4-13(23)5-7-14/h2-11,16-18,29H,1H3/t16-,17+,18-,22-/m1/s1. The van der Waals surface area contributed by atoms with Crippen molar-refractivity contribution in [3.63, 3.8) is 0 Å². The number of aryl methyl sites for hydroxylation is 1. The Morgan fingerprint density at radius 2 is 1.59 bits per heavy atom. The fourth-order valence-electron chi connectivity index (χ4n) is 4.64. The smallest absolute Gasteiger partial charge is 0.273 e. The first-order valence-corrected chi connectivity index (χ1v) is 11.2. The van der Waals surface area contributed by atoms with Crippen molar-refractivity contribution in [3.05, 3.63) is 72.1 Å². The summed E-state index contributed by atoms with van der Waals surface area (Å²) in [7, 11) is -4.42. The van der Waals surface area contributed by atoms with Gasteiger partial charge >= 0.3 is 0 Å². The molecule has 3 heterocycles. The van der Waals surface area contributed by atoms with Gasteiger partial charge in [-0.15, -0.1) is 0 Å². The number of carbonyl (C=O) groups is 3. The maximum atomic E-state index is 13.3. The monoisotopic (exact) mass is 456 g/mol. The molecule has 3 amide bonds. The van der Waals surface area contributed by atoms with E-state index in [1.807, 2.05) is 0 Å². The molecular weight excluding hydrogens is 439 g/mol. The van der Waals surface area contributed by atoms with E-state index in [-0.39, 0.29) is 10.6 Å². The number of imide groups is 1. The van der Waals surface area contributed by atoms with Crippen LogP contribution in [0.5, 0.6) is 0 Å². The lowest BCUT2D eigenvalue weighted by Gasteiger charge is -2.48. The predicted octanol–water partition coefficient (Wildman–Crippen LogP) is 1.14. The summed E-state index contributed by atoms with van der Waals surface area (Å²) in [6, 6.07) is 9.10. The molecule has 164 valence electrons. The predicted molar refractivity (Wildman–Crippen MR) is 109 cm³/mol. The van der Waals surface area contributed by atoms with E-state index in [2.05, 4.69) is 0 Å². The maximum absolute atomic E-state index is 13.3. The number of piperidine rings is 1. The molecule has 2 bridgehead atoms. The van der Waals surface area contributed by atoms with Crippen molar-refractivity contribution in [2.75, 3.05) is 4.90 Å². The van der Waals surface area contributed by atoms with Gasteiger partial charge in [-0.25, -0.2) is 22.0 Å². The van der Waals surface area contributed by atoms with Crippen LogP contribution in [-0.4, -0.2) is 47.2 Å². The molecule has 6 rings (SSSR count). The first-order valence-electron chi connectivity index (χ1n) is 9.78. The zero-order valence-electron chi connectivity index (χ0n) is 16.7. The number of carbonyl (C=O) groups excluding carboxylic acids is 3. The molecule has 10 heteroatoms. The minimum absolute atomic E-state index is 0.0687. The Morgan fingerprint density at radius 1 is 0.969 bits per heavy atom. The first kappa shape index (κ1) is 20.5. The summed E-state index contributed by atoms with van der Waals surface area (Å²) in [5, 5.41) is 11.2. The number of hydrogen-bond donors (Lipinski definition) is 1. The second-order valence-electron chi connectivity index (χ2n) is 8.09. The number of anilines is 1. The topological polar surface area (TPSA) is 112 Å². The molecule has 8 nitrogen and oxygen atoms in total. The lowest BCUT2D eigenvalue weighted by molar-refractivity contribution is -0.164. The van der Waals surface area contributed by atoms with Crippen molar-refractivity contribution in [1.29, 1.82) is 0 Å². The van der Waals surface area contributed by atoms with E-state index < -0.39 is 57.0 Å². The number of hydrogen-bond acceptors (Lipinski definition) is 6. The van der Waals surface area contributed by atoms with Crippen molar-refractivity contribution in [1.82, 2.24) is 4.31 Å². The largest absolute Gasteiger partial charge is 0.375 e. The lowest BCUT2D eigenvalue weighted by Crippen LogP contribution is -2.69. The fourth-order valence-corrected chi connectivity index (χ4v) is 6.24. The number of fused-ring (bicyclic) bond motifs is 1. The number of aliphatic hydroxyl groups is 1. The molecule has 2 fully saturated rings. The number of rotatable bonds is 3. The van der Waals surface area contributed by atoms with E-state index in [1.54, 1.807) is 19.1 Å². The van der Waals surface area contributed by atoms with Crippen LogP contribution >= 0.6 is 0 Å². The molecule has 2 aromatic rings. The molecule has 0 radical (unpaired) electrons. The Hall–Kier alpha value is -3.37. The molecule has 0 unspecified atom stereocenters. The average molecular weight is 456 g/mol. The summed E-state index contributed by atoms with van der Waals surface area (Å²) in [6.45, 7) is 1.77. The van der Waals surface area contributed by atoms with E-state index in [9.17, 15) is 32.3 Å². The number of sulfonamides is 1. The van der Waals surface area contributed by atoms with Crippen LogP contribution in [0.4, 0.5) is 10.1 Å². The average Bonchev–Trinajstić information content (AvgIpc) is 3.02. The number of halogens is 1. The quantitative estimate of drug-likeness (QED) is 0.548. The van der Waals surface area contributed by atoms with Crippen molar-refractivity contribution in [2.24, 2.45) is 11.8 Å². The van der Waals surface area contributed by atoms with E-state index in [0.717, 1.165) is 28.7 Å². The minimum Gasteiger partial charge on any atom is -0.375 e. The van der Waals surface area contributed by atoms with Gasteiger partial charge in [0.1, 0.15) is 5.82 Å². The third-order valence-electron chi connectivity index (χ3n) is 6.22. The molecule has 0 spiro atoms.